The summed E-state index contributed by atoms with van der Waals surface area (Å²) in [7, 11) is 0. The Morgan fingerprint density at radius 1 is 1.15 bits per heavy atom. The molecular weight excluding hydrogens is 250 g/mol. The number of hydrogen-bond acceptors (Lipinski definition) is 3. The molecule has 0 aliphatic carbocycles. The number of benzene rings is 2. The van der Waals surface area contributed by atoms with Crippen molar-refractivity contribution < 1.29 is 5.21 Å². The molecular formula is C16H19N3O. The summed E-state index contributed by atoms with van der Waals surface area (Å²) in [5.41, 5.74) is 8.97. The molecule has 4 N–H and O–H groups in total. The Balaban J connectivity index is 2.26. The standard InChI is InChI=1S/C16H19N3O/c1-12-7-5-6-10-14(12)18-15(11-16(17)19-20)13-8-3-2-4-9-13/h2-10,15,18,20H,11H2,1H3,(H2,17,19). The molecule has 104 valence electrons. The van der Waals surface area contributed by atoms with Crippen molar-refractivity contribution in [2.45, 2.75) is 19.4 Å². The Labute approximate surface area is 118 Å². The molecule has 1 atom stereocenters. The van der Waals surface area contributed by atoms with Crippen LogP contribution in [0.15, 0.2) is 59.8 Å². The molecule has 0 amide bonds. The predicted octanol–water partition coefficient (Wildman–Crippen LogP) is 3.28. The average Bonchev–Trinajstić information content (AvgIpc) is 2.49. The summed E-state index contributed by atoms with van der Waals surface area (Å²) in [5, 5.41) is 15.3. The summed E-state index contributed by atoms with van der Waals surface area (Å²) < 4.78 is 0. The van der Waals surface area contributed by atoms with E-state index in [1.807, 2.05) is 61.5 Å². The van der Waals surface area contributed by atoms with Gasteiger partial charge in [-0.05, 0) is 24.1 Å². The minimum Gasteiger partial charge on any atom is -0.409 e. The van der Waals surface area contributed by atoms with E-state index in [9.17, 15) is 0 Å². The molecule has 0 heterocycles. The number of hydrogen-bond donors (Lipinski definition) is 3. The van der Waals surface area contributed by atoms with Crippen LogP contribution in [0, 0.1) is 6.92 Å². The van der Waals surface area contributed by atoms with E-state index >= 15 is 0 Å². The van der Waals surface area contributed by atoms with E-state index in [4.69, 9.17) is 10.9 Å². The largest absolute Gasteiger partial charge is 0.409 e. The number of para-hydroxylation sites is 1. The zero-order chi connectivity index (χ0) is 14.4. The first-order valence-corrected chi connectivity index (χ1v) is 6.54. The van der Waals surface area contributed by atoms with Gasteiger partial charge in [0.15, 0.2) is 0 Å². The fraction of sp³-hybridized carbons (Fsp3) is 0.188. The molecule has 4 heteroatoms. The van der Waals surface area contributed by atoms with Gasteiger partial charge in [0.25, 0.3) is 0 Å². The molecule has 0 bridgehead atoms. The van der Waals surface area contributed by atoms with Crippen LogP contribution in [-0.2, 0) is 0 Å². The van der Waals surface area contributed by atoms with Gasteiger partial charge < -0.3 is 16.3 Å². The van der Waals surface area contributed by atoms with Crippen molar-refractivity contribution in [2.75, 3.05) is 5.32 Å². The molecule has 20 heavy (non-hydrogen) atoms. The van der Waals surface area contributed by atoms with Crippen LogP contribution < -0.4 is 11.1 Å². The van der Waals surface area contributed by atoms with Gasteiger partial charge in [-0.15, -0.1) is 0 Å². The third-order valence-corrected chi connectivity index (χ3v) is 3.22. The van der Waals surface area contributed by atoms with E-state index in [2.05, 4.69) is 10.5 Å². The average molecular weight is 269 g/mol. The number of nitrogens with two attached hydrogens (primary N) is 1. The molecule has 0 aromatic heterocycles. The quantitative estimate of drug-likeness (QED) is 0.337. The second-order valence-electron chi connectivity index (χ2n) is 4.72. The van der Waals surface area contributed by atoms with Gasteiger partial charge in [-0.1, -0.05) is 53.7 Å². The van der Waals surface area contributed by atoms with E-state index in [1.165, 1.54) is 0 Å². The van der Waals surface area contributed by atoms with Crippen LogP contribution in [0.3, 0.4) is 0 Å². The number of rotatable bonds is 5. The molecule has 0 aliphatic rings. The van der Waals surface area contributed by atoms with E-state index in [0.717, 1.165) is 16.8 Å². The molecule has 2 aromatic carbocycles. The SMILES string of the molecule is Cc1ccccc1NC(CC(N)=NO)c1ccccc1. The zero-order valence-electron chi connectivity index (χ0n) is 11.5. The van der Waals surface area contributed by atoms with Crippen LogP contribution in [0.2, 0.25) is 0 Å². The molecule has 0 radical (unpaired) electrons. The second-order valence-corrected chi connectivity index (χ2v) is 4.72. The van der Waals surface area contributed by atoms with Crippen LogP contribution in [0.1, 0.15) is 23.6 Å². The van der Waals surface area contributed by atoms with Gasteiger partial charge in [-0.2, -0.15) is 0 Å². The lowest BCUT2D eigenvalue weighted by atomic mass is 10.0. The summed E-state index contributed by atoms with van der Waals surface area (Å²) in [6, 6.07) is 18.0. The first kappa shape index (κ1) is 13.9. The lowest BCUT2D eigenvalue weighted by molar-refractivity contribution is 0.316. The predicted molar refractivity (Wildman–Crippen MR) is 82.0 cm³/mol. The Bertz CT molecular complexity index is 581. The van der Waals surface area contributed by atoms with Crippen molar-refractivity contribution in [1.29, 1.82) is 0 Å². The molecule has 0 fully saturated rings. The van der Waals surface area contributed by atoms with Gasteiger partial charge >= 0.3 is 0 Å². The molecule has 0 spiro atoms. The topological polar surface area (TPSA) is 70.6 Å². The molecule has 4 nitrogen and oxygen atoms in total. The fourth-order valence-electron chi connectivity index (χ4n) is 2.11. The summed E-state index contributed by atoms with van der Waals surface area (Å²) >= 11 is 0. The number of aryl methyl sites for hydroxylation is 1. The third-order valence-electron chi connectivity index (χ3n) is 3.22. The molecule has 0 aliphatic heterocycles. The van der Waals surface area contributed by atoms with Gasteiger partial charge in [0.05, 0.1) is 6.04 Å². The van der Waals surface area contributed by atoms with E-state index in [0.29, 0.717) is 6.42 Å². The van der Waals surface area contributed by atoms with Crippen molar-refractivity contribution in [3.63, 3.8) is 0 Å². The molecule has 0 saturated heterocycles. The van der Waals surface area contributed by atoms with Gasteiger partial charge in [0, 0.05) is 12.1 Å². The minimum atomic E-state index is -0.0341. The lowest BCUT2D eigenvalue weighted by Gasteiger charge is -2.21. The first-order chi connectivity index (χ1) is 9.70. The highest BCUT2D eigenvalue weighted by atomic mass is 16.4. The molecule has 0 saturated carbocycles. The molecule has 2 aromatic rings. The van der Waals surface area contributed by atoms with Crippen molar-refractivity contribution in [3.05, 3.63) is 65.7 Å². The number of oxime groups is 1. The Morgan fingerprint density at radius 2 is 1.80 bits per heavy atom. The van der Waals surface area contributed by atoms with Crippen LogP contribution in [0.4, 0.5) is 5.69 Å². The lowest BCUT2D eigenvalue weighted by Crippen LogP contribution is -2.21. The van der Waals surface area contributed by atoms with Crippen molar-refractivity contribution in [3.8, 4) is 0 Å². The van der Waals surface area contributed by atoms with Crippen LogP contribution in [0.25, 0.3) is 0 Å². The highest BCUT2D eigenvalue weighted by molar-refractivity contribution is 5.81. The highest BCUT2D eigenvalue weighted by Crippen LogP contribution is 2.24. The maximum absolute atomic E-state index is 8.79. The van der Waals surface area contributed by atoms with Gasteiger partial charge in [-0.3, -0.25) is 0 Å². The Hall–Kier alpha value is -2.49. The first-order valence-electron chi connectivity index (χ1n) is 6.54. The summed E-state index contributed by atoms with van der Waals surface area (Å²) in [6.45, 7) is 2.05. The highest BCUT2D eigenvalue weighted by Gasteiger charge is 2.14. The molecule has 1 unspecified atom stereocenters. The maximum Gasteiger partial charge on any atom is 0.141 e. The van der Waals surface area contributed by atoms with Gasteiger partial charge in [-0.25, -0.2) is 0 Å². The number of anilines is 1. The normalized spacial score (nSPS) is 12.9. The van der Waals surface area contributed by atoms with E-state index in [1.54, 1.807) is 0 Å². The van der Waals surface area contributed by atoms with Crippen molar-refractivity contribution in [1.82, 2.24) is 0 Å². The van der Waals surface area contributed by atoms with Crippen LogP contribution in [-0.4, -0.2) is 11.0 Å². The monoisotopic (exact) mass is 269 g/mol. The summed E-state index contributed by atoms with van der Waals surface area (Å²) in [5.74, 6) is 0.208. The Morgan fingerprint density at radius 3 is 2.45 bits per heavy atom. The van der Waals surface area contributed by atoms with Gasteiger partial charge in [0.2, 0.25) is 0 Å². The van der Waals surface area contributed by atoms with E-state index in [-0.39, 0.29) is 11.9 Å². The third kappa shape index (κ3) is 3.51. The summed E-state index contributed by atoms with van der Waals surface area (Å²) in [4.78, 5) is 0. The van der Waals surface area contributed by atoms with Crippen molar-refractivity contribution >= 4 is 11.5 Å². The minimum absolute atomic E-state index is 0.0341. The van der Waals surface area contributed by atoms with Crippen LogP contribution >= 0.6 is 0 Å². The summed E-state index contributed by atoms with van der Waals surface area (Å²) in [6.07, 6.45) is 0.439. The fourth-order valence-corrected chi connectivity index (χ4v) is 2.11. The Kier molecular flexibility index (Phi) is 4.60. The van der Waals surface area contributed by atoms with Gasteiger partial charge in [0.1, 0.15) is 5.84 Å². The smallest absolute Gasteiger partial charge is 0.141 e. The van der Waals surface area contributed by atoms with Crippen LogP contribution in [0.5, 0.6) is 0 Å². The number of nitrogens with zero attached hydrogens (tertiary/aromatic N) is 1. The second kappa shape index (κ2) is 6.61. The zero-order valence-corrected chi connectivity index (χ0v) is 11.5. The maximum atomic E-state index is 8.79. The van der Waals surface area contributed by atoms with Crippen molar-refractivity contribution in [2.24, 2.45) is 10.9 Å². The number of amidine groups is 1. The van der Waals surface area contributed by atoms with E-state index < -0.39 is 0 Å². The number of nitrogens with one attached hydrogen (secondary N) is 1. The molecule has 2 rings (SSSR count).